The average molecular weight is 220 g/mol. The zero-order valence-corrected chi connectivity index (χ0v) is 9.64. The van der Waals surface area contributed by atoms with Gasteiger partial charge in [-0.3, -0.25) is 0 Å². The number of nitrogens with zero attached hydrogens (tertiary/aromatic N) is 1. The molecule has 3 heteroatoms. The van der Waals surface area contributed by atoms with E-state index in [9.17, 15) is 0 Å². The summed E-state index contributed by atoms with van der Waals surface area (Å²) in [5.41, 5.74) is 6.03. The van der Waals surface area contributed by atoms with Crippen LogP contribution in [0.4, 0.5) is 0 Å². The summed E-state index contributed by atoms with van der Waals surface area (Å²) in [6.45, 7) is 3.94. The molecular weight excluding hydrogens is 200 g/mol. The normalized spacial score (nSPS) is 18.6. The molecule has 1 saturated heterocycles. The topological polar surface area (TPSA) is 38.5 Å². The Bertz CT molecular complexity index is 296. The summed E-state index contributed by atoms with van der Waals surface area (Å²) in [4.78, 5) is 2.42. The molecule has 0 aliphatic carbocycles. The highest BCUT2D eigenvalue weighted by Gasteiger charge is 2.14. The third-order valence-corrected chi connectivity index (χ3v) is 2.90. The maximum Gasteiger partial charge on any atom is 0.119 e. The molecule has 1 aromatic carbocycles. The van der Waals surface area contributed by atoms with Gasteiger partial charge in [-0.2, -0.15) is 0 Å². The van der Waals surface area contributed by atoms with Crippen molar-refractivity contribution in [3.8, 4) is 5.75 Å². The summed E-state index contributed by atoms with van der Waals surface area (Å²) in [5.74, 6) is 0.902. The largest absolute Gasteiger partial charge is 0.492 e. The molecule has 0 unspecified atom stereocenters. The zero-order chi connectivity index (χ0) is 11.2. The Morgan fingerprint density at radius 3 is 2.56 bits per heavy atom. The molecule has 1 aliphatic rings. The lowest BCUT2D eigenvalue weighted by Crippen LogP contribution is -2.39. The first-order chi connectivity index (χ1) is 7.84. The molecule has 0 bridgehead atoms. The smallest absolute Gasteiger partial charge is 0.119 e. The van der Waals surface area contributed by atoms with E-state index in [0.717, 1.165) is 12.3 Å². The molecule has 16 heavy (non-hydrogen) atoms. The van der Waals surface area contributed by atoms with Crippen molar-refractivity contribution in [1.82, 2.24) is 4.90 Å². The molecule has 0 radical (unpaired) electrons. The van der Waals surface area contributed by atoms with Gasteiger partial charge >= 0.3 is 0 Å². The Balaban J connectivity index is 1.69. The molecule has 1 aliphatic heterocycles. The van der Waals surface area contributed by atoms with Gasteiger partial charge in [0.1, 0.15) is 12.4 Å². The van der Waals surface area contributed by atoms with Gasteiger partial charge in [0.05, 0.1) is 6.04 Å². The van der Waals surface area contributed by atoms with Gasteiger partial charge in [-0.25, -0.2) is 0 Å². The fourth-order valence-corrected chi connectivity index (χ4v) is 2.07. The molecule has 0 amide bonds. The first-order valence-electron chi connectivity index (χ1n) is 6.00. The quantitative estimate of drug-likeness (QED) is 0.817. The predicted octanol–water partition coefficient (Wildman–Crippen LogP) is 1.49. The van der Waals surface area contributed by atoms with Crippen LogP contribution in [0.5, 0.6) is 5.75 Å². The van der Waals surface area contributed by atoms with Crippen LogP contribution in [0.15, 0.2) is 30.3 Å². The fraction of sp³-hybridized carbons (Fsp3) is 0.538. The van der Waals surface area contributed by atoms with Crippen molar-refractivity contribution in [2.24, 2.45) is 5.73 Å². The molecule has 2 N–H and O–H groups in total. The summed E-state index contributed by atoms with van der Waals surface area (Å²) in [7, 11) is 0. The SMILES string of the molecule is N[C@@H](COc1ccccc1)CN1CCCC1. The van der Waals surface area contributed by atoms with Crippen molar-refractivity contribution in [2.45, 2.75) is 18.9 Å². The first-order valence-corrected chi connectivity index (χ1v) is 6.00. The van der Waals surface area contributed by atoms with Crippen molar-refractivity contribution < 1.29 is 4.74 Å². The monoisotopic (exact) mass is 220 g/mol. The van der Waals surface area contributed by atoms with Crippen LogP contribution < -0.4 is 10.5 Å². The van der Waals surface area contributed by atoms with Gasteiger partial charge in [-0.1, -0.05) is 18.2 Å². The van der Waals surface area contributed by atoms with Crippen LogP contribution in [0, 0.1) is 0 Å². The molecule has 0 saturated carbocycles. The van der Waals surface area contributed by atoms with Crippen molar-refractivity contribution in [1.29, 1.82) is 0 Å². The second-order valence-electron chi connectivity index (χ2n) is 4.39. The highest BCUT2D eigenvalue weighted by atomic mass is 16.5. The van der Waals surface area contributed by atoms with E-state index in [1.165, 1.54) is 25.9 Å². The standard InChI is InChI=1S/C13H20N2O/c14-12(10-15-8-4-5-9-15)11-16-13-6-2-1-3-7-13/h1-3,6-7,12H,4-5,8-11,14H2/t12-/m1/s1. The maximum absolute atomic E-state index is 6.03. The summed E-state index contributed by atoms with van der Waals surface area (Å²) in [6, 6.07) is 9.96. The van der Waals surface area contributed by atoms with Gasteiger partial charge in [-0.15, -0.1) is 0 Å². The molecule has 1 heterocycles. The van der Waals surface area contributed by atoms with Crippen molar-refractivity contribution in [2.75, 3.05) is 26.2 Å². The van der Waals surface area contributed by atoms with E-state index in [0.29, 0.717) is 6.61 Å². The Morgan fingerprint density at radius 2 is 1.88 bits per heavy atom. The van der Waals surface area contributed by atoms with E-state index >= 15 is 0 Å². The molecule has 0 spiro atoms. The van der Waals surface area contributed by atoms with Crippen molar-refractivity contribution in [3.63, 3.8) is 0 Å². The molecule has 0 aromatic heterocycles. The minimum Gasteiger partial charge on any atom is -0.492 e. The van der Waals surface area contributed by atoms with E-state index in [1.54, 1.807) is 0 Å². The number of para-hydroxylation sites is 1. The molecule has 3 nitrogen and oxygen atoms in total. The Hall–Kier alpha value is -1.06. The van der Waals surface area contributed by atoms with Gasteiger partial charge in [0, 0.05) is 6.54 Å². The number of likely N-dealkylation sites (tertiary alicyclic amines) is 1. The lowest BCUT2D eigenvalue weighted by Gasteiger charge is -2.20. The third-order valence-electron chi connectivity index (χ3n) is 2.90. The number of benzene rings is 1. The van der Waals surface area contributed by atoms with Crippen LogP contribution in [0.2, 0.25) is 0 Å². The van der Waals surface area contributed by atoms with E-state index < -0.39 is 0 Å². The number of ether oxygens (including phenoxy) is 1. The molecule has 1 atom stereocenters. The van der Waals surface area contributed by atoms with Crippen molar-refractivity contribution in [3.05, 3.63) is 30.3 Å². The molecular formula is C13H20N2O. The number of hydrogen-bond acceptors (Lipinski definition) is 3. The molecule has 1 aromatic rings. The number of rotatable bonds is 5. The summed E-state index contributed by atoms with van der Waals surface area (Å²) in [6.07, 6.45) is 2.62. The van der Waals surface area contributed by atoms with Crippen LogP contribution in [-0.2, 0) is 0 Å². The number of hydrogen-bond donors (Lipinski definition) is 1. The van der Waals surface area contributed by atoms with Gasteiger partial charge in [0.15, 0.2) is 0 Å². The third kappa shape index (κ3) is 3.51. The second kappa shape index (κ2) is 5.87. The highest BCUT2D eigenvalue weighted by molar-refractivity contribution is 5.20. The second-order valence-corrected chi connectivity index (χ2v) is 4.39. The van der Waals surface area contributed by atoms with E-state index in [1.807, 2.05) is 30.3 Å². The van der Waals surface area contributed by atoms with Crippen LogP contribution in [0.25, 0.3) is 0 Å². The summed E-state index contributed by atoms with van der Waals surface area (Å²) < 4.78 is 5.63. The van der Waals surface area contributed by atoms with Crippen LogP contribution in [0.3, 0.4) is 0 Å². The fourth-order valence-electron chi connectivity index (χ4n) is 2.07. The minimum absolute atomic E-state index is 0.110. The summed E-state index contributed by atoms with van der Waals surface area (Å²) >= 11 is 0. The minimum atomic E-state index is 0.110. The van der Waals surface area contributed by atoms with E-state index in [4.69, 9.17) is 10.5 Å². The van der Waals surface area contributed by atoms with Gasteiger partial charge in [0.2, 0.25) is 0 Å². The van der Waals surface area contributed by atoms with Gasteiger partial charge in [-0.05, 0) is 38.1 Å². The van der Waals surface area contributed by atoms with E-state index in [-0.39, 0.29) is 6.04 Å². The zero-order valence-electron chi connectivity index (χ0n) is 9.64. The van der Waals surface area contributed by atoms with Crippen LogP contribution >= 0.6 is 0 Å². The van der Waals surface area contributed by atoms with Crippen LogP contribution in [0.1, 0.15) is 12.8 Å². The first kappa shape index (κ1) is 11.4. The molecule has 1 fully saturated rings. The summed E-state index contributed by atoms with van der Waals surface area (Å²) in [5, 5.41) is 0. The Morgan fingerprint density at radius 1 is 1.19 bits per heavy atom. The van der Waals surface area contributed by atoms with Crippen molar-refractivity contribution >= 4 is 0 Å². The Labute approximate surface area is 97.2 Å². The highest BCUT2D eigenvalue weighted by Crippen LogP contribution is 2.10. The average Bonchev–Trinajstić information content (AvgIpc) is 2.81. The van der Waals surface area contributed by atoms with Gasteiger partial charge in [0.25, 0.3) is 0 Å². The number of nitrogens with two attached hydrogens (primary N) is 1. The lowest BCUT2D eigenvalue weighted by molar-refractivity contribution is 0.237. The van der Waals surface area contributed by atoms with E-state index in [2.05, 4.69) is 4.90 Å². The van der Waals surface area contributed by atoms with Gasteiger partial charge < -0.3 is 15.4 Å². The Kier molecular flexibility index (Phi) is 4.19. The predicted molar refractivity (Wildman–Crippen MR) is 65.6 cm³/mol. The lowest BCUT2D eigenvalue weighted by atomic mass is 10.3. The van der Waals surface area contributed by atoms with Crippen LogP contribution in [-0.4, -0.2) is 37.2 Å². The molecule has 2 rings (SSSR count). The molecule has 88 valence electrons. The maximum atomic E-state index is 6.03.